The lowest BCUT2D eigenvalue weighted by atomic mass is 10.3. The molecule has 0 aliphatic rings. The standard InChI is InChI=1S/C15H18N2O6/c1-2-13(18)21-9-8-16-14(19)22-10-11-23-15(20)17-12-6-4-3-5-7-12/h2-7H,1,8-11H2,(H,16,19)(H,17,20). The first-order valence-corrected chi connectivity index (χ1v) is 6.80. The van der Waals surface area contributed by atoms with Crippen molar-refractivity contribution in [1.82, 2.24) is 5.32 Å². The van der Waals surface area contributed by atoms with E-state index in [-0.39, 0.29) is 26.4 Å². The van der Waals surface area contributed by atoms with Crippen molar-refractivity contribution in [3.05, 3.63) is 43.0 Å². The highest BCUT2D eigenvalue weighted by molar-refractivity contribution is 5.84. The van der Waals surface area contributed by atoms with Crippen molar-refractivity contribution in [1.29, 1.82) is 0 Å². The van der Waals surface area contributed by atoms with E-state index in [1.54, 1.807) is 24.3 Å². The molecular formula is C15H18N2O6. The molecule has 0 atom stereocenters. The van der Waals surface area contributed by atoms with Gasteiger partial charge in [0.05, 0.1) is 6.54 Å². The minimum Gasteiger partial charge on any atom is -0.461 e. The molecule has 0 aliphatic heterocycles. The SMILES string of the molecule is C=CC(=O)OCCNC(=O)OCCOC(=O)Nc1ccccc1. The molecule has 23 heavy (non-hydrogen) atoms. The Bertz CT molecular complexity index is 532. The molecule has 8 nitrogen and oxygen atoms in total. The van der Waals surface area contributed by atoms with E-state index in [9.17, 15) is 14.4 Å². The maximum atomic E-state index is 11.4. The molecule has 2 N–H and O–H groups in total. The quantitative estimate of drug-likeness (QED) is 0.327. The van der Waals surface area contributed by atoms with Crippen LogP contribution in [0.4, 0.5) is 15.3 Å². The van der Waals surface area contributed by atoms with Gasteiger partial charge in [-0.25, -0.2) is 14.4 Å². The summed E-state index contributed by atoms with van der Waals surface area (Å²) >= 11 is 0. The molecule has 0 saturated carbocycles. The van der Waals surface area contributed by atoms with Gasteiger partial charge in [0, 0.05) is 11.8 Å². The second-order valence-corrected chi connectivity index (χ2v) is 4.06. The van der Waals surface area contributed by atoms with E-state index < -0.39 is 18.2 Å². The first-order chi connectivity index (χ1) is 11.1. The van der Waals surface area contributed by atoms with Crippen molar-refractivity contribution >= 4 is 23.8 Å². The zero-order valence-corrected chi connectivity index (χ0v) is 12.4. The second kappa shape index (κ2) is 10.7. The lowest BCUT2D eigenvalue weighted by molar-refractivity contribution is -0.137. The van der Waals surface area contributed by atoms with Crippen molar-refractivity contribution in [3.8, 4) is 0 Å². The van der Waals surface area contributed by atoms with Crippen LogP contribution in [0, 0.1) is 0 Å². The van der Waals surface area contributed by atoms with Gasteiger partial charge in [0.1, 0.15) is 19.8 Å². The highest BCUT2D eigenvalue weighted by atomic mass is 16.6. The summed E-state index contributed by atoms with van der Waals surface area (Å²) in [6.45, 7) is 3.16. The second-order valence-electron chi connectivity index (χ2n) is 4.06. The highest BCUT2D eigenvalue weighted by Crippen LogP contribution is 2.04. The number of para-hydroxylation sites is 1. The van der Waals surface area contributed by atoms with Crippen LogP contribution in [0.25, 0.3) is 0 Å². The molecule has 0 spiro atoms. The third-order valence-corrected chi connectivity index (χ3v) is 2.35. The molecule has 2 amide bonds. The Balaban J connectivity index is 2.03. The first-order valence-electron chi connectivity index (χ1n) is 6.80. The largest absolute Gasteiger partial charge is 0.461 e. The Morgan fingerprint density at radius 1 is 0.957 bits per heavy atom. The van der Waals surface area contributed by atoms with E-state index in [4.69, 9.17) is 9.47 Å². The Kier molecular flexibility index (Phi) is 8.35. The Hall–Kier alpha value is -3.03. The zero-order chi connectivity index (χ0) is 16.9. The van der Waals surface area contributed by atoms with E-state index in [1.807, 2.05) is 6.07 Å². The van der Waals surface area contributed by atoms with Crippen molar-refractivity contribution < 1.29 is 28.6 Å². The van der Waals surface area contributed by atoms with Crippen LogP contribution in [-0.4, -0.2) is 44.5 Å². The van der Waals surface area contributed by atoms with Gasteiger partial charge >= 0.3 is 18.2 Å². The lowest BCUT2D eigenvalue weighted by Gasteiger charge is -2.08. The fraction of sp³-hybridized carbons (Fsp3) is 0.267. The lowest BCUT2D eigenvalue weighted by Crippen LogP contribution is -2.29. The van der Waals surface area contributed by atoms with Crippen molar-refractivity contribution in [2.24, 2.45) is 0 Å². The summed E-state index contributed by atoms with van der Waals surface area (Å²) in [5.41, 5.74) is 0.602. The zero-order valence-electron chi connectivity index (χ0n) is 12.4. The van der Waals surface area contributed by atoms with Crippen LogP contribution in [0.2, 0.25) is 0 Å². The third-order valence-electron chi connectivity index (χ3n) is 2.35. The van der Waals surface area contributed by atoms with Crippen LogP contribution in [0.3, 0.4) is 0 Å². The summed E-state index contributed by atoms with van der Waals surface area (Å²) in [7, 11) is 0. The van der Waals surface area contributed by atoms with Crippen molar-refractivity contribution in [2.45, 2.75) is 0 Å². The van der Waals surface area contributed by atoms with Gasteiger partial charge in [-0.15, -0.1) is 0 Å². The molecule has 0 aromatic heterocycles. The number of anilines is 1. The summed E-state index contributed by atoms with van der Waals surface area (Å²) in [5, 5.41) is 4.88. The minimum absolute atomic E-state index is 0.00986. The summed E-state index contributed by atoms with van der Waals surface area (Å²) in [5.74, 6) is -0.571. The molecule has 0 unspecified atom stereocenters. The van der Waals surface area contributed by atoms with E-state index in [2.05, 4.69) is 21.9 Å². The Labute approximate surface area is 133 Å². The Morgan fingerprint density at radius 3 is 2.26 bits per heavy atom. The van der Waals surface area contributed by atoms with E-state index >= 15 is 0 Å². The molecule has 8 heteroatoms. The van der Waals surface area contributed by atoms with E-state index in [0.717, 1.165) is 6.08 Å². The summed E-state index contributed by atoms with van der Waals surface area (Å²) in [6, 6.07) is 8.79. The summed E-state index contributed by atoms with van der Waals surface area (Å²) in [6.07, 6.45) is -0.320. The maximum absolute atomic E-state index is 11.4. The molecule has 0 radical (unpaired) electrons. The number of hydrogen-bond acceptors (Lipinski definition) is 6. The number of ether oxygens (including phenoxy) is 3. The topological polar surface area (TPSA) is 103 Å². The fourth-order valence-electron chi connectivity index (χ4n) is 1.36. The number of nitrogens with one attached hydrogen (secondary N) is 2. The van der Waals surface area contributed by atoms with E-state index in [0.29, 0.717) is 5.69 Å². The van der Waals surface area contributed by atoms with Crippen molar-refractivity contribution in [2.75, 3.05) is 31.7 Å². The molecule has 0 heterocycles. The third kappa shape index (κ3) is 8.76. The summed E-state index contributed by atoms with van der Waals surface area (Å²) in [4.78, 5) is 33.4. The number of carbonyl (C=O) groups excluding carboxylic acids is 3. The molecule has 0 aliphatic carbocycles. The average molecular weight is 322 g/mol. The number of rotatable bonds is 8. The van der Waals surface area contributed by atoms with E-state index in [1.165, 1.54) is 0 Å². The first kappa shape index (κ1) is 18.0. The monoisotopic (exact) mass is 322 g/mol. The molecule has 1 rings (SSSR count). The Morgan fingerprint density at radius 2 is 1.61 bits per heavy atom. The van der Waals surface area contributed by atoms with Gasteiger partial charge in [-0.3, -0.25) is 5.32 Å². The normalized spacial score (nSPS) is 9.39. The number of hydrogen-bond donors (Lipinski definition) is 2. The van der Waals surface area contributed by atoms with Crippen LogP contribution in [-0.2, 0) is 19.0 Å². The van der Waals surface area contributed by atoms with Gasteiger partial charge in [0.15, 0.2) is 0 Å². The molecule has 0 bridgehead atoms. The van der Waals surface area contributed by atoms with Gasteiger partial charge in [0.25, 0.3) is 0 Å². The highest BCUT2D eigenvalue weighted by Gasteiger charge is 2.05. The van der Waals surface area contributed by atoms with Crippen LogP contribution in [0.15, 0.2) is 43.0 Å². The van der Waals surface area contributed by atoms with Gasteiger partial charge in [-0.1, -0.05) is 24.8 Å². The molecule has 1 aromatic carbocycles. The number of amides is 2. The van der Waals surface area contributed by atoms with Crippen LogP contribution < -0.4 is 10.6 Å². The van der Waals surface area contributed by atoms with Crippen molar-refractivity contribution in [3.63, 3.8) is 0 Å². The predicted molar refractivity (Wildman–Crippen MR) is 81.9 cm³/mol. The molecule has 1 aromatic rings. The number of alkyl carbamates (subject to hydrolysis) is 1. The smallest absolute Gasteiger partial charge is 0.411 e. The summed E-state index contributed by atoms with van der Waals surface area (Å²) < 4.78 is 14.2. The van der Waals surface area contributed by atoms with Crippen LogP contribution in [0.1, 0.15) is 0 Å². The number of esters is 1. The van der Waals surface area contributed by atoms with Crippen LogP contribution >= 0.6 is 0 Å². The molecule has 0 fully saturated rings. The predicted octanol–water partition coefficient (Wildman–Crippen LogP) is 1.69. The number of carbonyl (C=O) groups is 3. The molecular weight excluding hydrogens is 304 g/mol. The maximum Gasteiger partial charge on any atom is 0.411 e. The van der Waals surface area contributed by atoms with Gasteiger partial charge < -0.3 is 19.5 Å². The fourth-order valence-corrected chi connectivity index (χ4v) is 1.36. The number of benzene rings is 1. The van der Waals surface area contributed by atoms with Gasteiger partial charge in [-0.05, 0) is 12.1 Å². The van der Waals surface area contributed by atoms with Gasteiger partial charge in [0.2, 0.25) is 0 Å². The minimum atomic E-state index is -0.702. The average Bonchev–Trinajstić information content (AvgIpc) is 2.56. The molecule has 124 valence electrons. The van der Waals surface area contributed by atoms with Crippen LogP contribution in [0.5, 0.6) is 0 Å². The van der Waals surface area contributed by atoms with Gasteiger partial charge in [-0.2, -0.15) is 0 Å². The molecule has 0 saturated heterocycles.